The molecule has 0 bridgehead atoms. The second-order valence-corrected chi connectivity index (χ2v) is 5.89. The molecule has 0 saturated carbocycles. The first-order valence-corrected chi connectivity index (χ1v) is 7.64. The van der Waals surface area contributed by atoms with E-state index >= 15 is 0 Å². The molecular weight excluding hydrogens is 281 g/mol. The van der Waals surface area contributed by atoms with Crippen LogP contribution in [-0.4, -0.2) is 33.9 Å². The largest absolute Gasteiger partial charge is 0.353 e. The Bertz CT molecular complexity index is 667. The zero-order chi connectivity index (χ0) is 15.7. The average Bonchev–Trinajstić information content (AvgIpc) is 3.04. The van der Waals surface area contributed by atoms with Crippen LogP contribution in [0.2, 0.25) is 0 Å². The van der Waals surface area contributed by atoms with Crippen molar-refractivity contribution in [2.45, 2.75) is 32.9 Å². The van der Waals surface area contributed by atoms with Gasteiger partial charge < -0.3 is 10.2 Å². The van der Waals surface area contributed by atoms with Crippen LogP contribution >= 0.6 is 0 Å². The Morgan fingerprint density at radius 1 is 1.41 bits per heavy atom. The Labute approximate surface area is 130 Å². The van der Waals surface area contributed by atoms with E-state index in [4.69, 9.17) is 0 Å². The van der Waals surface area contributed by atoms with Crippen LogP contribution in [0, 0.1) is 19.7 Å². The molecule has 6 heteroatoms. The molecule has 1 aliphatic heterocycles. The predicted molar refractivity (Wildman–Crippen MR) is 84.3 cm³/mol. The third kappa shape index (κ3) is 2.83. The molecule has 3 rings (SSSR count). The number of halogens is 1. The summed E-state index contributed by atoms with van der Waals surface area (Å²) >= 11 is 0. The van der Waals surface area contributed by atoms with Crippen molar-refractivity contribution in [3.63, 3.8) is 0 Å². The Morgan fingerprint density at radius 3 is 2.91 bits per heavy atom. The summed E-state index contributed by atoms with van der Waals surface area (Å²) in [6.07, 6.45) is 2.63. The minimum absolute atomic E-state index is 0.248. The van der Waals surface area contributed by atoms with E-state index in [1.807, 2.05) is 23.6 Å². The smallest absolute Gasteiger partial charge is 0.165 e. The highest BCUT2D eigenvalue weighted by Gasteiger charge is 2.25. The number of nitrogens with zero attached hydrogens (tertiary/aromatic N) is 4. The first-order chi connectivity index (χ1) is 10.6. The fraction of sp³-hybridized carbons (Fsp3) is 0.500. The quantitative estimate of drug-likeness (QED) is 0.937. The molecule has 1 N–H and O–H groups in total. The summed E-state index contributed by atoms with van der Waals surface area (Å²) in [7, 11) is 1.97. The summed E-state index contributed by atoms with van der Waals surface area (Å²) in [6, 6.07) is 3.43. The van der Waals surface area contributed by atoms with Gasteiger partial charge >= 0.3 is 0 Å². The Balaban J connectivity index is 1.61. The lowest BCUT2D eigenvalue weighted by molar-refractivity contribution is 0.547. The molecule has 0 spiro atoms. The maximum atomic E-state index is 13.8. The van der Waals surface area contributed by atoms with Gasteiger partial charge in [-0.25, -0.2) is 9.37 Å². The van der Waals surface area contributed by atoms with Crippen molar-refractivity contribution in [1.29, 1.82) is 0 Å². The molecule has 0 aromatic carbocycles. The summed E-state index contributed by atoms with van der Waals surface area (Å²) in [6.45, 7) is 6.53. The molecule has 0 amide bonds. The molecule has 0 unspecified atom stereocenters. The molecule has 22 heavy (non-hydrogen) atoms. The van der Waals surface area contributed by atoms with Gasteiger partial charge in [0.05, 0.1) is 5.69 Å². The molecule has 1 fully saturated rings. The minimum atomic E-state index is -0.248. The van der Waals surface area contributed by atoms with E-state index in [9.17, 15) is 4.39 Å². The lowest BCUT2D eigenvalue weighted by Gasteiger charge is -2.18. The maximum Gasteiger partial charge on any atom is 0.165 e. The van der Waals surface area contributed by atoms with Gasteiger partial charge in [-0.15, -0.1) is 0 Å². The lowest BCUT2D eigenvalue weighted by atomic mass is 10.2. The van der Waals surface area contributed by atoms with E-state index in [2.05, 4.69) is 22.3 Å². The van der Waals surface area contributed by atoms with Gasteiger partial charge in [-0.2, -0.15) is 5.10 Å². The van der Waals surface area contributed by atoms with Crippen molar-refractivity contribution < 1.29 is 4.39 Å². The van der Waals surface area contributed by atoms with Crippen LogP contribution in [0.5, 0.6) is 0 Å². The Morgan fingerprint density at radius 2 is 2.23 bits per heavy atom. The summed E-state index contributed by atoms with van der Waals surface area (Å²) in [5, 5.41) is 8.00. The van der Waals surface area contributed by atoms with Crippen molar-refractivity contribution in [2.24, 2.45) is 7.05 Å². The Kier molecular flexibility index (Phi) is 4.11. The van der Waals surface area contributed by atoms with Gasteiger partial charge in [0.15, 0.2) is 11.6 Å². The number of aryl methyl sites for hydroxylation is 2. The van der Waals surface area contributed by atoms with E-state index < -0.39 is 0 Å². The van der Waals surface area contributed by atoms with Gasteiger partial charge in [0.25, 0.3) is 0 Å². The molecule has 2 aromatic rings. The summed E-state index contributed by atoms with van der Waals surface area (Å²) in [5.74, 6) is 0.211. The summed E-state index contributed by atoms with van der Waals surface area (Å²) in [5.41, 5.74) is 3.51. The predicted octanol–water partition coefficient (Wildman–Crippen LogP) is 1.94. The van der Waals surface area contributed by atoms with Crippen LogP contribution in [0.25, 0.3) is 0 Å². The molecule has 1 saturated heterocycles. The Hall–Kier alpha value is -1.95. The number of anilines is 1. The van der Waals surface area contributed by atoms with E-state index in [0.717, 1.165) is 31.7 Å². The molecule has 118 valence electrons. The second-order valence-electron chi connectivity index (χ2n) is 5.89. The fourth-order valence-corrected chi connectivity index (χ4v) is 3.05. The number of pyridine rings is 1. The summed E-state index contributed by atoms with van der Waals surface area (Å²) < 4.78 is 15.7. The van der Waals surface area contributed by atoms with E-state index in [-0.39, 0.29) is 5.82 Å². The molecule has 1 aliphatic rings. The normalized spacial score (nSPS) is 18.2. The highest BCUT2D eigenvalue weighted by Crippen LogP contribution is 2.21. The number of aromatic nitrogens is 3. The van der Waals surface area contributed by atoms with E-state index in [0.29, 0.717) is 11.9 Å². The van der Waals surface area contributed by atoms with Crippen molar-refractivity contribution in [3.8, 4) is 0 Å². The standard InChI is InChI=1S/C16H22FN5/c1-11-14(12(2)21(3)20-11)9-19-13-6-8-22(10-13)16-15(17)5-4-7-18-16/h4-5,7,13,19H,6,8-10H2,1-3H3/t13-/m0/s1. The third-order valence-electron chi connectivity index (χ3n) is 4.45. The molecule has 5 nitrogen and oxygen atoms in total. The lowest BCUT2D eigenvalue weighted by Crippen LogP contribution is -2.32. The minimum Gasteiger partial charge on any atom is -0.353 e. The summed E-state index contributed by atoms with van der Waals surface area (Å²) in [4.78, 5) is 6.16. The SMILES string of the molecule is Cc1nn(C)c(C)c1CN[C@H]1CCN(c2ncccc2F)C1. The third-order valence-corrected chi connectivity index (χ3v) is 4.45. The van der Waals surface area contributed by atoms with Gasteiger partial charge in [-0.3, -0.25) is 4.68 Å². The van der Waals surface area contributed by atoms with E-state index in [1.165, 1.54) is 17.3 Å². The maximum absolute atomic E-state index is 13.8. The molecule has 3 heterocycles. The molecule has 2 aromatic heterocycles. The second kappa shape index (κ2) is 6.04. The average molecular weight is 303 g/mol. The van der Waals surface area contributed by atoms with E-state index in [1.54, 1.807) is 12.3 Å². The molecule has 0 aliphatic carbocycles. The van der Waals surface area contributed by atoms with Crippen molar-refractivity contribution >= 4 is 5.82 Å². The highest BCUT2D eigenvalue weighted by molar-refractivity contribution is 5.41. The van der Waals surface area contributed by atoms with Crippen LogP contribution in [0.4, 0.5) is 10.2 Å². The zero-order valence-corrected chi connectivity index (χ0v) is 13.3. The fourth-order valence-electron chi connectivity index (χ4n) is 3.05. The first-order valence-electron chi connectivity index (χ1n) is 7.64. The number of hydrogen-bond donors (Lipinski definition) is 1. The molecule has 1 atom stereocenters. The van der Waals surface area contributed by atoms with Crippen LogP contribution in [0.15, 0.2) is 18.3 Å². The van der Waals surface area contributed by atoms with Crippen molar-refractivity contribution in [3.05, 3.63) is 41.1 Å². The van der Waals surface area contributed by atoms with Gasteiger partial charge in [0.2, 0.25) is 0 Å². The molecular formula is C16H22FN5. The topological polar surface area (TPSA) is 46.0 Å². The number of hydrogen-bond acceptors (Lipinski definition) is 4. The van der Waals surface area contributed by atoms with Gasteiger partial charge in [-0.05, 0) is 32.4 Å². The highest BCUT2D eigenvalue weighted by atomic mass is 19.1. The first kappa shape index (κ1) is 15.0. The van der Waals surface area contributed by atoms with Crippen LogP contribution in [0.1, 0.15) is 23.4 Å². The van der Waals surface area contributed by atoms with Crippen LogP contribution in [0.3, 0.4) is 0 Å². The number of nitrogens with one attached hydrogen (secondary N) is 1. The van der Waals surface area contributed by atoms with Crippen LogP contribution in [-0.2, 0) is 13.6 Å². The number of rotatable bonds is 4. The van der Waals surface area contributed by atoms with Crippen molar-refractivity contribution in [2.75, 3.05) is 18.0 Å². The van der Waals surface area contributed by atoms with Crippen LogP contribution < -0.4 is 10.2 Å². The molecule has 0 radical (unpaired) electrons. The van der Waals surface area contributed by atoms with Gasteiger partial charge in [0, 0.05) is 50.2 Å². The monoisotopic (exact) mass is 303 g/mol. The van der Waals surface area contributed by atoms with Gasteiger partial charge in [0.1, 0.15) is 0 Å². The van der Waals surface area contributed by atoms with Crippen molar-refractivity contribution in [1.82, 2.24) is 20.1 Å². The zero-order valence-electron chi connectivity index (χ0n) is 13.3. The van der Waals surface area contributed by atoms with Gasteiger partial charge in [-0.1, -0.05) is 0 Å².